The van der Waals surface area contributed by atoms with Crippen LogP contribution in [0.15, 0.2) is 65.8 Å². The summed E-state index contributed by atoms with van der Waals surface area (Å²) >= 11 is 5.16. The van der Waals surface area contributed by atoms with Crippen LogP contribution >= 0.6 is 12.2 Å². The Kier molecular flexibility index (Phi) is 3.25. The highest BCUT2D eigenvalue weighted by Gasteiger charge is 2.24. The Morgan fingerprint density at radius 2 is 1.53 bits per heavy atom. The lowest BCUT2D eigenvalue weighted by molar-refractivity contribution is 0.760. The summed E-state index contributed by atoms with van der Waals surface area (Å²) in [5.41, 5.74) is 6.01. The number of hydrogen-bond donors (Lipinski definition) is 2. The highest BCUT2D eigenvalue weighted by molar-refractivity contribution is 7.80. The van der Waals surface area contributed by atoms with Gasteiger partial charge in [0.05, 0.1) is 11.8 Å². The molecule has 4 heteroatoms. The van der Waals surface area contributed by atoms with E-state index < -0.39 is 0 Å². The largest absolute Gasteiger partial charge is 0.349 e. The summed E-state index contributed by atoms with van der Waals surface area (Å²) in [7, 11) is 0. The molecule has 2 aromatic carbocycles. The average Bonchev–Trinajstić information content (AvgIpc) is 2.49. The van der Waals surface area contributed by atoms with E-state index in [1.807, 2.05) is 48.5 Å². The van der Waals surface area contributed by atoms with Gasteiger partial charge in [-0.15, -0.1) is 0 Å². The van der Waals surface area contributed by atoms with Gasteiger partial charge in [0.1, 0.15) is 0 Å². The fourth-order valence-electron chi connectivity index (χ4n) is 2.13. The van der Waals surface area contributed by atoms with E-state index in [9.17, 15) is 0 Å². The molecule has 0 spiro atoms. The average molecular weight is 267 g/mol. The Hall–Kier alpha value is -2.20. The van der Waals surface area contributed by atoms with Crippen LogP contribution in [-0.2, 0) is 0 Å². The molecule has 2 aromatic rings. The fraction of sp³-hybridized carbons (Fsp3) is 0.0667. The van der Waals surface area contributed by atoms with Gasteiger partial charge in [-0.2, -0.15) is 5.10 Å². The Morgan fingerprint density at radius 3 is 2.21 bits per heavy atom. The Bertz CT molecular complexity index is 608. The second kappa shape index (κ2) is 5.20. The molecular weight excluding hydrogens is 254 g/mol. The van der Waals surface area contributed by atoms with Gasteiger partial charge in [0.15, 0.2) is 5.11 Å². The van der Waals surface area contributed by atoms with E-state index in [1.165, 1.54) is 0 Å². The van der Waals surface area contributed by atoms with Crippen molar-refractivity contribution in [1.82, 2.24) is 10.7 Å². The standard InChI is InChI=1S/C15H13N3S/c19-15-16-13(11-7-3-1-4-8-11)14(17-18-15)12-9-5-2-6-10-12/h1-10,13H,(H2,16,18,19)/t13-/m1/s1. The SMILES string of the molecule is S=C1NN=C(c2ccccc2)[C@@H](c2ccccc2)N1. The van der Waals surface area contributed by atoms with Crippen molar-refractivity contribution in [2.45, 2.75) is 6.04 Å². The Balaban J connectivity index is 2.03. The van der Waals surface area contributed by atoms with Crippen molar-refractivity contribution in [1.29, 1.82) is 0 Å². The van der Waals surface area contributed by atoms with Gasteiger partial charge < -0.3 is 5.32 Å². The zero-order valence-electron chi connectivity index (χ0n) is 10.2. The van der Waals surface area contributed by atoms with Gasteiger partial charge in [0.25, 0.3) is 0 Å². The fourth-order valence-corrected chi connectivity index (χ4v) is 2.30. The van der Waals surface area contributed by atoms with Gasteiger partial charge in [-0.3, -0.25) is 5.43 Å². The topological polar surface area (TPSA) is 36.4 Å². The number of thiocarbonyl (C=S) groups is 1. The van der Waals surface area contributed by atoms with Crippen LogP contribution in [-0.4, -0.2) is 10.8 Å². The smallest absolute Gasteiger partial charge is 0.187 e. The first-order chi connectivity index (χ1) is 9.34. The van der Waals surface area contributed by atoms with Gasteiger partial charge in [0.2, 0.25) is 0 Å². The van der Waals surface area contributed by atoms with Gasteiger partial charge in [-0.25, -0.2) is 0 Å². The molecule has 0 aliphatic carbocycles. The van der Waals surface area contributed by atoms with Gasteiger partial charge in [0, 0.05) is 5.56 Å². The number of hydrazone groups is 1. The van der Waals surface area contributed by atoms with Crippen molar-refractivity contribution in [2.24, 2.45) is 5.10 Å². The van der Waals surface area contributed by atoms with E-state index in [0.717, 1.165) is 16.8 Å². The molecule has 0 aromatic heterocycles. The van der Waals surface area contributed by atoms with Crippen LogP contribution in [0.2, 0.25) is 0 Å². The molecule has 1 heterocycles. The van der Waals surface area contributed by atoms with Crippen molar-refractivity contribution in [3.63, 3.8) is 0 Å². The van der Waals surface area contributed by atoms with Gasteiger partial charge in [-0.1, -0.05) is 60.7 Å². The molecule has 0 bridgehead atoms. The first-order valence-electron chi connectivity index (χ1n) is 6.09. The van der Waals surface area contributed by atoms with Crippen LogP contribution < -0.4 is 10.7 Å². The van der Waals surface area contributed by atoms with Crippen LogP contribution in [0.3, 0.4) is 0 Å². The van der Waals surface area contributed by atoms with Gasteiger partial charge in [-0.05, 0) is 17.8 Å². The van der Waals surface area contributed by atoms with Crippen LogP contribution in [0.25, 0.3) is 0 Å². The zero-order valence-corrected chi connectivity index (χ0v) is 11.0. The summed E-state index contributed by atoms with van der Waals surface area (Å²) in [5.74, 6) is 0. The number of benzene rings is 2. The first-order valence-corrected chi connectivity index (χ1v) is 6.50. The number of nitrogens with one attached hydrogen (secondary N) is 2. The summed E-state index contributed by atoms with van der Waals surface area (Å²) in [6.45, 7) is 0. The van der Waals surface area contributed by atoms with E-state index in [-0.39, 0.29) is 6.04 Å². The molecule has 0 radical (unpaired) electrons. The monoisotopic (exact) mass is 267 g/mol. The molecular formula is C15H13N3S. The number of rotatable bonds is 2. The third-order valence-electron chi connectivity index (χ3n) is 3.03. The van der Waals surface area contributed by atoms with Crippen molar-refractivity contribution in [3.05, 3.63) is 71.8 Å². The molecule has 0 saturated carbocycles. The molecule has 0 amide bonds. The van der Waals surface area contributed by atoms with E-state index in [0.29, 0.717) is 5.11 Å². The molecule has 1 aliphatic rings. The summed E-state index contributed by atoms with van der Waals surface area (Å²) in [6, 6.07) is 20.3. The lowest BCUT2D eigenvalue weighted by atomic mass is 9.96. The molecule has 0 fully saturated rings. The zero-order chi connectivity index (χ0) is 13.1. The maximum Gasteiger partial charge on any atom is 0.187 e. The van der Waals surface area contributed by atoms with E-state index in [1.54, 1.807) is 0 Å². The molecule has 3 rings (SSSR count). The van der Waals surface area contributed by atoms with E-state index in [2.05, 4.69) is 28.0 Å². The summed E-state index contributed by atoms with van der Waals surface area (Å²) in [6.07, 6.45) is 0. The molecule has 2 N–H and O–H groups in total. The lowest BCUT2D eigenvalue weighted by Crippen LogP contribution is -2.44. The van der Waals surface area contributed by atoms with Crippen molar-refractivity contribution >= 4 is 23.0 Å². The van der Waals surface area contributed by atoms with E-state index >= 15 is 0 Å². The summed E-state index contributed by atoms with van der Waals surface area (Å²) in [5, 5.41) is 8.22. The number of hydrogen-bond acceptors (Lipinski definition) is 2. The highest BCUT2D eigenvalue weighted by Crippen LogP contribution is 2.20. The molecule has 19 heavy (non-hydrogen) atoms. The molecule has 1 atom stereocenters. The molecule has 1 aliphatic heterocycles. The Morgan fingerprint density at radius 1 is 0.895 bits per heavy atom. The van der Waals surface area contributed by atoms with Gasteiger partial charge >= 0.3 is 0 Å². The minimum atomic E-state index is -0.0163. The second-order valence-corrected chi connectivity index (χ2v) is 4.70. The quantitative estimate of drug-likeness (QED) is 0.821. The molecule has 0 unspecified atom stereocenters. The molecule has 3 nitrogen and oxygen atoms in total. The minimum absolute atomic E-state index is 0.0163. The predicted molar refractivity (Wildman–Crippen MR) is 81.0 cm³/mol. The third-order valence-corrected chi connectivity index (χ3v) is 3.24. The number of nitrogens with zero attached hydrogens (tertiary/aromatic N) is 1. The lowest BCUT2D eigenvalue weighted by Gasteiger charge is -2.26. The normalized spacial score (nSPS) is 18.2. The third kappa shape index (κ3) is 2.48. The van der Waals surface area contributed by atoms with Crippen LogP contribution in [0, 0.1) is 0 Å². The van der Waals surface area contributed by atoms with Crippen LogP contribution in [0.4, 0.5) is 0 Å². The maximum atomic E-state index is 5.16. The highest BCUT2D eigenvalue weighted by atomic mass is 32.1. The predicted octanol–water partition coefficient (Wildman–Crippen LogP) is 2.61. The van der Waals surface area contributed by atoms with Crippen LogP contribution in [0.5, 0.6) is 0 Å². The summed E-state index contributed by atoms with van der Waals surface area (Å²) < 4.78 is 0. The van der Waals surface area contributed by atoms with Crippen molar-refractivity contribution < 1.29 is 0 Å². The van der Waals surface area contributed by atoms with Crippen LogP contribution in [0.1, 0.15) is 17.2 Å². The van der Waals surface area contributed by atoms with Crippen molar-refractivity contribution in [2.75, 3.05) is 0 Å². The van der Waals surface area contributed by atoms with E-state index in [4.69, 9.17) is 12.2 Å². The maximum absolute atomic E-state index is 5.16. The minimum Gasteiger partial charge on any atom is -0.349 e. The first kappa shape index (κ1) is 11.9. The Labute approximate surface area is 117 Å². The van der Waals surface area contributed by atoms with Crippen molar-refractivity contribution in [3.8, 4) is 0 Å². The second-order valence-electron chi connectivity index (χ2n) is 4.29. The summed E-state index contributed by atoms with van der Waals surface area (Å²) in [4.78, 5) is 0. The molecule has 94 valence electrons. The molecule has 0 saturated heterocycles.